The summed E-state index contributed by atoms with van der Waals surface area (Å²) in [5.41, 5.74) is 1.45. The van der Waals surface area contributed by atoms with E-state index < -0.39 is 0 Å². The van der Waals surface area contributed by atoms with Crippen molar-refractivity contribution in [2.45, 2.75) is 19.8 Å². The largest absolute Gasteiger partial charge is 0.306 e. The molecule has 3 nitrogen and oxygen atoms in total. The molecule has 0 saturated carbocycles. The molecule has 0 atom stereocenters. The van der Waals surface area contributed by atoms with Gasteiger partial charge in [0.1, 0.15) is 5.82 Å². The first-order chi connectivity index (χ1) is 8.90. The summed E-state index contributed by atoms with van der Waals surface area (Å²) in [7, 11) is 0. The fourth-order valence-electron chi connectivity index (χ4n) is 1.67. The summed E-state index contributed by atoms with van der Waals surface area (Å²) in [5, 5.41) is 0.602. The second kappa shape index (κ2) is 5.93. The highest BCUT2D eigenvalue weighted by atomic mass is 127. The van der Waals surface area contributed by atoms with Gasteiger partial charge in [-0.3, -0.25) is 4.79 Å². The van der Waals surface area contributed by atoms with Crippen LogP contribution >= 0.6 is 50.1 Å². The molecule has 0 amide bonds. The fraction of sp³-hybridized carbons (Fsp3) is 0.231. The maximum Gasteiger partial charge on any atom is 0.264 e. The molecule has 1 aromatic carbocycles. The van der Waals surface area contributed by atoms with Crippen LogP contribution in [0.4, 0.5) is 0 Å². The highest BCUT2D eigenvalue weighted by Crippen LogP contribution is 2.29. The van der Waals surface area contributed by atoms with Gasteiger partial charge in [0.05, 0.1) is 9.26 Å². The Morgan fingerprint density at radius 3 is 2.74 bits per heavy atom. The monoisotopic (exact) mass is 452 g/mol. The molecule has 0 unspecified atom stereocenters. The first-order valence-corrected chi connectivity index (χ1v) is 7.90. The second-order valence-electron chi connectivity index (χ2n) is 4.39. The number of aromatic nitrogens is 2. The Hall–Kier alpha value is -0.400. The van der Waals surface area contributed by atoms with E-state index in [-0.39, 0.29) is 11.5 Å². The van der Waals surface area contributed by atoms with Crippen LogP contribution in [-0.4, -0.2) is 9.97 Å². The molecule has 0 bridgehead atoms. The van der Waals surface area contributed by atoms with E-state index in [1.54, 1.807) is 12.1 Å². The van der Waals surface area contributed by atoms with Crippen LogP contribution in [0.3, 0.4) is 0 Å². The van der Waals surface area contributed by atoms with Crippen molar-refractivity contribution in [1.82, 2.24) is 9.97 Å². The maximum absolute atomic E-state index is 12.0. The smallest absolute Gasteiger partial charge is 0.264 e. The van der Waals surface area contributed by atoms with Crippen molar-refractivity contribution in [3.8, 4) is 11.4 Å². The molecule has 1 aromatic heterocycles. The van der Waals surface area contributed by atoms with E-state index in [1.807, 2.05) is 42.5 Å². The lowest BCUT2D eigenvalue weighted by Crippen LogP contribution is -2.17. The van der Waals surface area contributed by atoms with Crippen molar-refractivity contribution in [2.24, 2.45) is 0 Å². The first-order valence-electron chi connectivity index (χ1n) is 5.65. The Balaban J connectivity index is 2.70. The van der Waals surface area contributed by atoms with Gasteiger partial charge in [-0.25, -0.2) is 4.98 Å². The number of halogens is 3. The summed E-state index contributed by atoms with van der Waals surface area (Å²) in [5.74, 6) is 0.717. The Kier molecular flexibility index (Phi) is 4.68. The van der Waals surface area contributed by atoms with Crippen LogP contribution in [0.25, 0.3) is 11.4 Å². The van der Waals surface area contributed by atoms with E-state index in [4.69, 9.17) is 11.6 Å². The standard InChI is InChI=1S/C13H11BrClIN2O/c1-6(2)11-10(16)13(19)18-12(17-11)8-5-7(15)3-4-9(8)14/h3-6H,1-2H3,(H,17,18,19). The molecule has 1 N–H and O–H groups in total. The molecule has 0 aliphatic carbocycles. The molecular weight excluding hydrogens is 442 g/mol. The van der Waals surface area contributed by atoms with Gasteiger partial charge in [0.15, 0.2) is 0 Å². The summed E-state index contributed by atoms with van der Waals surface area (Å²) in [6.45, 7) is 4.03. The second-order valence-corrected chi connectivity index (χ2v) is 6.76. The summed E-state index contributed by atoms with van der Waals surface area (Å²) >= 11 is 11.5. The van der Waals surface area contributed by atoms with E-state index in [1.165, 1.54) is 0 Å². The van der Waals surface area contributed by atoms with Gasteiger partial charge in [-0.1, -0.05) is 41.4 Å². The molecule has 6 heteroatoms. The van der Waals surface area contributed by atoms with E-state index >= 15 is 0 Å². The lowest BCUT2D eigenvalue weighted by Gasteiger charge is -2.10. The average molecular weight is 454 g/mol. The summed E-state index contributed by atoms with van der Waals surface area (Å²) in [6, 6.07) is 5.40. The van der Waals surface area contributed by atoms with Gasteiger partial charge in [-0.05, 0) is 46.7 Å². The highest BCUT2D eigenvalue weighted by molar-refractivity contribution is 14.1. The van der Waals surface area contributed by atoms with Gasteiger partial charge < -0.3 is 4.98 Å². The zero-order valence-electron chi connectivity index (χ0n) is 10.3. The minimum atomic E-state index is -0.124. The first kappa shape index (κ1) is 15.0. The number of nitrogens with one attached hydrogen (secondary N) is 1. The van der Waals surface area contributed by atoms with E-state index in [2.05, 4.69) is 25.9 Å². The maximum atomic E-state index is 12.0. The van der Waals surface area contributed by atoms with Crippen molar-refractivity contribution >= 4 is 50.1 Å². The number of nitrogens with zero attached hydrogens (tertiary/aromatic N) is 1. The van der Waals surface area contributed by atoms with Crippen molar-refractivity contribution in [3.63, 3.8) is 0 Å². The molecule has 2 aromatic rings. The van der Waals surface area contributed by atoms with Gasteiger partial charge in [0.25, 0.3) is 5.56 Å². The fourth-order valence-corrected chi connectivity index (χ4v) is 3.15. The van der Waals surface area contributed by atoms with Gasteiger partial charge in [-0.15, -0.1) is 0 Å². The Bertz CT molecular complexity index is 685. The molecule has 0 aliphatic rings. The number of hydrogen-bond donors (Lipinski definition) is 1. The Morgan fingerprint density at radius 1 is 1.42 bits per heavy atom. The quantitative estimate of drug-likeness (QED) is 0.677. The van der Waals surface area contributed by atoms with Crippen LogP contribution in [0, 0.1) is 3.57 Å². The highest BCUT2D eigenvalue weighted by Gasteiger charge is 2.14. The summed E-state index contributed by atoms with van der Waals surface area (Å²) in [4.78, 5) is 19.3. The Labute approximate surface area is 138 Å². The lowest BCUT2D eigenvalue weighted by molar-refractivity contribution is 0.802. The third-order valence-corrected chi connectivity index (χ3v) is 4.59. The third kappa shape index (κ3) is 3.20. The van der Waals surface area contributed by atoms with Crippen LogP contribution in [0.15, 0.2) is 27.5 Å². The predicted octanol–water partition coefficient (Wildman–Crippen LogP) is 4.58. The lowest BCUT2D eigenvalue weighted by atomic mass is 10.1. The number of H-pyrrole nitrogens is 1. The number of benzene rings is 1. The number of aromatic amines is 1. The van der Waals surface area contributed by atoms with E-state index in [0.29, 0.717) is 14.4 Å². The van der Waals surface area contributed by atoms with Crippen molar-refractivity contribution < 1.29 is 0 Å². The number of rotatable bonds is 2. The van der Waals surface area contributed by atoms with E-state index in [0.717, 1.165) is 15.7 Å². The minimum Gasteiger partial charge on any atom is -0.306 e. The van der Waals surface area contributed by atoms with Crippen LogP contribution < -0.4 is 5.56 Å². The molecule has 2 rings (SSSR count). The molecular formula is C13H11BrClIN2O. The predicted molar refractivity (Wildman–Crippen MR) is 89.8 cm³/mol. The van der Waals surface area contributed by atoms with Gasteiger partial charge in [0.2, 0.25) is 0 Å². The third-order valence-electron chi connectivity index (χ3n) is 2.62. The van der Waals surface area contributed by atoms with Crippen molar-refractivity contribution in [2.75, 3.05) is 0 Å². The van der Waals surface area contributed by atoms with Crippen LogP contribution in [0.5, 0.6) is 0 Å². The van der Waals surface area contributed by atoms with Crippen LogP contribution in [-0.2, 0) is 0 Å². The molecule has 0 saturated heterocycles. The summed E-state index contributed by atoms with van der Waals surface area (Å²) < 4.78 is 1.48. The zero-order valence-corrected chi connectivity index (χ0v) is 14.8. The van der Waals surface area contributed by atoms with Gasteiger partial charge in [0, 0.05) is 15.1 Å². The Morgan fingerprint density at radius 2 is 2.11 bits per heavy atom. The van der Waals surface area contributed by atoms with Crippen molar-refractivity contribution in [1.29, 1.82) is 0 Å². The molecule has 100 valence electrons. The van der Waals surface area contributed by atoms with Gasteiger partial charge >= 0.3 is 0 Å². The summed E-state index contributed by atoms with van der Waals surface area (Å²) in [6.07, 6.45) is 0. The SMILES string of the molecule is CC(C)c1nc(-c2cc(Cl)ccc2Br)[nH]c(=O)c1I. The minimum absolute atomic E-state index is 0.124. The van der Waals surface area contributed by atoms with Gasteiger partial charge in [-0.2, -0.15) is 0 Å². The molecule has 0 aliphatic heterocycles. The topological polar surface area (TPSA) is 45.8 Å². The molecule has 19 heavy (non-hydrogen) atoms. The van der Waals surface area contributed by atoms with Crippen LogP contribution in [0.1, 0.15) is 25.5 Å². The van der Waals surface area contributed by atoms with Crippen LogP contribution in [0.2, 0.25) is 5.02 Å². The molecule has 0 spiro atoms. The molecule has 1 heterocycles. The molecule has 0 radical (unpaired) electrons. The normalized spacial score (nSPS) is 11.1. The molecule has 0 fully saturated rings. The van der Waals surface area contributed by atoms with E-state index in [9.17, 15) is 4.79 Å². The number of hydrogen-bond acceptors (Lipinski definition) is 2. The van der Waals surface area contributed by atoms with Crippen molar-refractivity contribution in [3.05, 3.63) is 47.3 Å². The average Bonchev–Trinajstić information content (AvgIpc) is 2.35. The zero-order chi connectivity index (χ0) is 14.2.